The van der Waals surface area contributed by atoms with Gasteiger partial charge < -0.3 is 10.2 Å². The smallest absolute Gasteiger partial charge is 0.252 e. The number of aromatic nitrogens is 1. The maximum Gasteiger partial charge on any atom is 0.252 e. The molecule has 0 saturated carbocycles. The fourth-order valence-corrected chi connectivity index (χ4v) is 6.06. The summed E-state index contributed by atoms with van der Waals surface area (Å²) < 4.78 is 0. The Morgan fingerprint density at radius 3 is 2.55 bits per heavy atom. The summed E-state index contributed by atoms with van der Waals surface area (Å²) >= 11 is 6.70. The van der Waals surface area contributed by atoms with E-state index in [0.717, 1.165) is 51.4 Å². The second kappa shape index (κ2) is 13.4. The van der Waals surface area contributed by atoms with Gasteiger partial charge in [-0.3, -0.25) is 14.6 Å². The molecule has 38 heavy (non-hydrogen) atoms. The number of piperazine rings is 1. The van der Waals surface area contributed by atoms with Gasteiger partial charge in [0.05, 0.1) is 16.6 Å². The molecule has 1 amide bonds. The number of piperidine rings is 1. The lowest BCUT2D eigenvalue weighted by Crippen LogP contribution is -2.62. The van der Waals surface area contributed by atoms with Crippen molar-refractivity contribution in [3.8, 4) is 0 Å². The summed E-state index contributed by atoms with van der Waals surface area (Å²) in [6, 6.07) is 11.7. The standard InChI is InChI=1S/C31H42ClN5O/c1-5-8-9-28-22-37(30-29(32)18-25(19-34-30)31(38)33-7-3)26(6-2)21-36(28)27-14-16-35(17-15-27)20-24-12-10-23(4)11-13-24/h5-6,10-13,18-19,26-28H,1-2,7-9,14-17,20-22H2,3-4H3,(H,33,38)/t26-,28+/m1/s1. The van der Waals surface area contributed by atoms with Gasteiger partial charge in [0.1, 0.15) is 5.82 Å². The van der Waals surface area contributed by atoms with Gasteiger partial charge in [0.25, 0.3) is 5.91 Å². The second-order valence-corrected chi connectivity index (χ2v) is 11.0. The summed E-state index contributed by atoms with van der Waals surface area (Å²) in [5.41, 5.74) is 3.18. The topological polar surface area (TPSA) is 51.7 Å². The predicted octanol–water partition coefficient (Wildman–Crippen LogP) is 5.47. The molecule has 0 spiro atoms. The molecule has 2 atom stereocenters. The summed E-state index contributed by atoms with van der Waals surface area (Å²) in [5.74, 6) is 0.567. The van der Waals surface area contributed by atoms with Crippen molar-refractivity contribution in [2.45, 2.75) is 64.2 Å². The fourth-order valence-electron chi connectivity index (χ4n) is 5.78. The van der Waals surface area contributed by atoms with Crippen LogP contribution in [-0.2, 0) is 6.54 Å². The van der Waals surface area contributed by atoms with E-state index in [0.29, 0.717) is 29.2 Å². The summed E-state index contributed by atoms with van der Waals surface area (Å²) in [5, 5.41) is 3.31. The summed E-state index contributed by atoms with van der Waals surface area (Å²) in [7, 11) is 0. The van der Waals surface area contributed by atoms with E-state index in [1.54, 1.807) is 12.3 Å². The van der Waals surface area contributed by atoms with Crippen molar-refractivity contribution >= 4 is 23.3 Å². The van der Waals surface area contributed by atoms with E-state index in [4.69, 9.17) is 11.6 Å². The molecular formula is C31H42ClN5O. The number of carbonyl (C=O) groups is 1. The van der Waals surface area contributed by atoms with Crippen LogP contribution in [0.4, 0.5) is 5.82 Å². The molecule has 2 aliphatic rings. The van der Waals surface area contributed by atoms with Crippen molar-refractivity contribution in [1.29, 1.82) is 0 Å². The molecule has 2 aliphatic heterocycles. The van der Waals surface area contributed by atoms with Crippen LogP contribution in [0.1, 0.15) is 54.1 Å². The zero-order valence-corrected chi connectivity index (χ0v) is 23.7. The Kier molecular flexibility index (Phi) is 10.0. The van der Waals surface area contributed by atoms with Crippen LogP contribution in [0.25, 0.3) is 0 Å². The monoisotopic (exact) mass is 535 g/mol. The van der Waals surface area contributed by atoms with Crippen molar-refractivity contribution in [2.75, 3.05) is 37.6 Å². The van der Waals surface area contributed by atoms with Crippen LogP contribution in [-0.4, -0.2) is 71.5 Å². The lowest BCUT2D eigenvalue weighted by molar-refractivity contribution is 0.0522. The van der Waals surface area contributed by atoms with Crippen LogP contribution in [0, 0.1) is 6.92 Å². The quantitative estimate of drug-likeness (QED) is 0.409. The van der Waals surface area contributed by atoms with Gasteiger partial charge in [0, 0.05) is 44.5 Å². The van der Waals surface area contributed by atoms with Gasteiger partial charge in [0.2, 0.25) is 0 Å². The number of allylic oxidation sites excluding steroid dienone is 1. The number of halogens is 1. The first-order chi connectivity index (χ1) is 18.4. The lowest BCUT2D eigenvalue weighted by atomic mass is 9.94. The largest absolute Gasteiger partial charge is 0.352 e. The van der Waals surface area contributed by atoms with Crippen molar-refractivity contribution in [3.05, 3.63) is 83.6 Å². The number of hydrogen-bond donors (Lipinski definition) is 1. The van der Waals surface area contributed by atoms with Crippen molar-refractivity contribution < 1.29 is 4.79 Å². The Balaban J connectivity index is 1.46. The Morgan fingerprint density at radius 2 is 1.92 bits per heavy atom. The Morgan fingerprint density at radius 1 is 1.18 bits per heavy atom. The molecule has 6 nitrogen and oxygen atoms in total. The average Bonchev–Trinajstić information content (AvgIpc) is 2.93. The van der Waals surface area contributed by atoms with Gasteiger partial charge in [-0.25, -0.2) is 4.98 Å². The van der Waals surface area contributed by atoms with Crippen LogP contribution in [0.3, 0.4) is 0 Å². The Bertz CT molecular complexity index is 1100. The first kappa shape index (κ1) is 28.3. The molecule has 1 N–H and O–H groups in total. The van der Waals surface area contributed by atoms with E-state index >= 15 is 0 Å². The average molecular weight is 536 g/mol. The molecule has 1 aromatic carbocycles. The highest BCUT2D eigenvalue weighted by atomic mass is 35.5. The normalized spacial score (nSPS) is 21.3. The molecule has 4 rings (SSSR count). The molecule has 2 aromatic rings. The Labute approximate surface area is 233 Å². The molecule has 204 valence electrons. The van der Waals surface area contributed by atoms with Crippen LogP contribution in [0.2, 0.25) is 5.02 Å². The molecule has 0 bridgehead atoms. The minimum Gasteiger partial charge on any atom is -0.352 e. The molecular weight excluding hydrogens is 494 g/mol. The van der Waals surface area contributed by atoms with Gasteiger partial charge in [-0.2, -0.15) is 0 Å². The van der Waals surface area contributed by atoms with Crippen LogP contribution in [0.15, 0.2) is 61.8 Å². The van der Waals surface area contributed by atoms with E-state index in [1.807, 2.05) is 19.1 Å². The first-order valence-corrected chi connectivity index (χ1v) is 14.3. The van der Waals surface area contributed by atoms with Crippen LogP contribution >= 0.6 is 11.6 Å². The van der Waals surface area contributed by atoms with Gasteiger partial charge in [0.15, 0.2) is 0 Å². The molecule has 7 heteroatoms. The predicted molar refractivity (Wildman–Crippen MR) is 158 cm³/mol. The fraction of sp³-hybridized carbons (Fsp3) is 0.484. The van der Waals surface area contributed by atoms with Crippen LogP contribution in [0.5, 0.6) is 0 Å². The third-order valence-corrected chi connectivity index (χ3v) is 8.18. The highest BCUT2D eigenvalue weighted by Crippen LogP contribution is 2.33. The molecule has 0 unspecified atom stereocenters. The van der Waals surface area contributed by atoms with Gasteiger partial charge >= 0.3 is 0 Å². The zero-order valence-electron chi connectivity index (χ0n) is 22.9. The zero-order chi connectivity index (χ0) is 27.1. The number of anilines is 1. The van der Waals surface area contributed by atoms with Gasteiger partial charge in [-0.1, -0.05) is 53.6 Å². The maximum absolute atomic E-state index is 12.3. The second-order valence-electron chi connectivity index (χ2n) is 10.6. The van der Waals surface area contributed by atoms with E-state index < -0.39 is 0 Å². The number of amides is 1. The molecule has 3 heterocycles. The van der Waals surface area contributed by atoms with Crippen molar-refractivity contribution in [2.24, 2.45) is 0 Å². The number of rotatable bonds is 10. The minimum absolute atomic E-state index is 0.0980. The number of likely N-dealkylation sites (tertiary alicyclic amines) is 1. The number of nitrogens with one attached hydrogen (secondary N) is 1. The number of carbonyl (C=O) groups excluding carboxylic acids is 1. The van der Waals surface area contributed by atoms with E-state index in [2.05, 4.69) is 69.3 Å². The third kappa shape index (κ3) is 6.85. The summed E-state index contributed by atoms with van der Waals surface area (Å²) in [4.78, 5) is 24.5. The van der Waals surface area contributed by atoms with Gasteiger partial charge in [-0.05, 0) is 64.3 Å². The molecule has 2 fully saturated rings. The Hall–Kier alpha value is -2.67. The van der Waals surface area contributed by atoms with Crippen molar-refractivity contribution in [1.82, 2.24) is 20.1 Å². The number of hydrogen-bond acceptors (Lipinski definition) is 5. The highest BCUT2D eigenvalue weighted by Gasteiger charge is 2.38. The highest BCUT2D eigenvalue weighted by molar-refractivity contribution is 6.33. The van der Waals surface area contributed by atoms with Gasteiger partial charge in [-0.15, -0.1) is 13.2 Å². The number of nitrogens with zero attached hydrogens (tertiary/aromatic N) is 4. The third-order valence-electron chi connectivity index (χ3n) is 7.90. The van der Waals surface area contributed by atoms with E-state index in [1.165, 1.54) is 24.0 Å². The van der Waals surface area contributed by atoms with E-state index in [9.17, 15) is 4.79 Å². The minimum atomic E-state index is -0.156. The van der Waals surface area contributed by atoms with Crippen molar-refractivity contribution in [3.63, 3.8) is 0 Å². The number of benzene rings is 1. The lowest BCUT2D eigenvalue weighted by Gasteiger charge is -2.51. The molecule has 1 aromatic heterocycles. The SMILES string of the molecule is C=CCC[C@H]1CN(c2ncc(C(=O)NCC)cc2Cl)[C@H](C=C)CN1C1CCN(Cc2ccc(C)cc2)CC1. The summed E-state index contributed by atoms with van der Waals surface area (Å²) in [6.07, 6.45) is 10.00. The van der Waals surface area contributed by atoms with Crippen LogP contribution < -0.4 is 10.2 Å². The molecule has 0 radical (unpaired) electrons. The number of pyridine rings is 1. The maximum atomic E-state index is 12.3. The van der Waals surface area contributed by atoms with E-state index in [-0.39, 0.29) is 11.9 Å². The molecule has 0 aliphatic carbocycles. The summed E-state index contributed by atoms with van der Waals surface area (Å²) in [6.45, 7) is 17.7. The first-order valence-electron chi connectivity index (χ1n) is 13.9. The number of aryl methyl sites for hydroxylation is 1. The molecule has 2 saturated heterocycles.